The molecule has 2 amide bonds. The first-order valence-corrected chi connectivity index (χ1v) is 9.85. The minimum Gasteiger partial charge on any atom is -0.370 e. The van der Waals surface area contributed by atoms with Gasteiger partial charge < -0.3 is 15.0 Å². The molecule has 1 aliphatic heterocycles. The Balaban J connectivity index is 1.28. The number of amides is 2. The number of benzene rings is 1. The van der Waals surface area contributed by atoms with Crippen LogP contribution in [0.2, 0.25) is 0 Å². The Bertz CT molecular complexity index is 747. The molecule has 0 radical (unpaired) electrons. The van der Waals surface area contributed by atoms with E-state index in [1.165, 1.54) is 5.56 Å². The van der Waals surface area contributed by atoms with Crippen LogP contribution in [0, 0.1) is 0 Å². The van der Waals surface area contributed by atoms with Gasteiger partial charge in [-0.2, -0.15) is 0 Å². The zero-order valence-electron chi connectivity index (χ0n) is 15.6. The van der Waals surface area contributed by atoms with Crippen LogP contribution in [0.3, 0.4) is 0 Å². The molecule has 1 N–H and O–H groups in total. The van der Waals surface area contributed by atoms with Gasteiger partial charge in [-0.25, -0.2) is 4.79 Å². The number of nitrogens with zero attached hydrogens (tertiary/aromatic N) is 2. The number of likely N-dealkylation sites (tertiary alicyclic amines) is 1. The largest absolute Gasteiger partial charge is 0.370 e. The smallest absolute Gasteiger partial charge is 0.317 e. The second kappa shape index (κ2) is 8.09. The van der Waals surface area contributed by atoms with Crippen molar-refractivity contribution in [2.45, 2.75) is 50.4 Å². The number of pyridine rings is 1. The summed E-state index contributed by atoms with van der Waals surface area (Å²) in [4.78, 5) is 19.0. The number of carbonyl (C=O) groups is 1. The Hall–Kier alpha value is -2.40. The Morgan fingerprint density at radius 1 is 1.19 bits per heavy atom. The number of ether oxygens (including phenoxy) is 1. The van der Waals surface area contributed by atoms with E-state index < -0.39 is 0 Å². The normalized spacial score (nSPS) is 20.9. The highest BCUT2D eigenvalue weighted by Crippen LogP contribution is 2.38. The van der Waals surface area contributed by atoms with E-state index in [-0.39, 0.29) is 17.7 Å². The molecule has 2 aromatic rings. The maximum absolute atomic E-state index is 12.8. The lowest BCUT2D eigenvalue weighted by atomic mass is 10.0. The summed E-state index contributed by atoms with van der Waals surface area (Å²) >= 11 is 0. The highest BCUT2D eigenvalue weighted by atomic mass is 16.5. The van der Waals surface area contributed by atoms with Crippen LogP contribution in [0.1, 0.15) is 36.9 Å². The van der Waals surface area contributed by atoms with E-state index in [4.69, 9.17) is 4.74 Å². The lowest BCUT2D eigenvalue weighted by molar-refractivity contribution is -0.00200. The minimum absolute atomic E-state index is 0.0505. The summed E-state index contributed by atoms with van der Waals surface area (Å²) < 4.78 is 6.01. The molecule has 1 aromatic heterocycles. The highest BCUT2D eigenvalue weighted by molar-refractivity contribution is 5.75. The average molecular weight is 365 g/mol. The molecule has 1 saturated carbocycles. The van der Waals surface area contributed by atoms with Gasteiger partial charge in [-0.1, -0.05) is 36.4 Å². The molecule has 2 heterocycles. The monoisotopic (exact) mass is 365 g/mol. The van der Waals surface area contributed by atoms with Gasteiger partial charge in [0.25, 0.3) is 0 Å². The number of carbonyl (C=O) groups excluding carboxylic acids is 1. The molecule has 5 nitrogen and oxygen atoms in total. The molecule has 142 valence electrons. The number of piperidine rings is 1. The zero-order chi connectivity index (χ0) is 18.5. The Labute approximate surface area is 160 Å². The third-order valence-electron chi connectivity index (χ3n) is 5.47. The average Bonchev–Trinajstić information content (AvgIpc) is 3.47. The van der Waals surface area contributed by atoms with Crippen LogP contribution in [-0.2, 0) is 17.8 Å². The van der Waals surface area contributed by atoms with Crippen LogP contribution in [-0.4, -0.2) is 40.6 Å². The first-order valence-electron chi connectivity index (χ1n) is 9.85. The van der Waals surface area contributed by atoms with Gasteiger partial charge in [0.15, 0.2) is 0 Å². The van der Waals surface area contributed by atoms with Crippen molar-refractivity contribution >= 4 is 6.03 Å². The standard InChI is InChI=1S/C22H27N3O2/c26-21(24-22(11-12-22)15-18-7-2-1-3-8-18)25-14-6-10-20(16-25)27-17-19-9-4-5-13-23-19/h1-5,7-9,13,20H,6,10-12,14-17H2,(H,24,26). The quantitative estimate of drug-likeness (QED) is 0.852. The van der Waals surface area contributed by atoms with Crippen molar-refractivity contribution in [3.05, 3.63) is 66.0 Å². The summed E-state index contributed by atoms with van der Waals surface area (Å²) in [5.74, 6) is 0. The molecule has 0 bridgehead atoms. The molecule has 0 spiro atoms. The number of nitrogens with one attached hydrogen (secondary N) is 1. The first kappa shape index (κ1) is 18.0. The van der Waals surface area contributed by atoms with E-state index in [0.717, 1.165) is 44.3 Å². The number of aromatic nitrogens is 1. The summed E-state index contributed by atoms with van der Waals surface area (Å²) in [7, 11) is 0. The van der Waals surface area contributed by atoms with Crippen LogP contribution in [0.5, 0.6) is 0 Å². The summed E-state index contributed by atoms with van der Waals surface area (Å²) in [5.41, 5.74) is 2.16. The molecule has 1 saturated heterocycles. The van der Waals surface area contributed by atoms with Crippen molar-refractivity contribution in [1.29, 1.82) is 0 Å². The summed E-state index contributed by atoms with van der Waals surface area (Å²) in [5, 5.41) is 3.30. The summed E-state index contributed by atoms with van der Waals surface area (Å²) in [6.45, 7) is 1.95. The van der Waals surface area contributed by atoms with E-state index in [9.17, 15) is 4.79 Å². The Kier molecular flexibility index (Phi) is 5.39. The van der Waals surface area contributed by atoms with Gasteiger partial charge in [-0.3, -0.25) is 4.98 Å². The molecule has 1 aromatic carbocycles. The lowest BCUT2D eigenvalue weighted by Crippen LogP contribution is -2.51. The molecular weight excluding hydrogens is 338 g/mol. The third-order valence-corrected chi connectivity index (χ3v) is 5.47. The van der Waals surface area contributed by atoms with E-state index in [2.05, 4.69) is 34.6 Å². The van der Waals surface area contributed by atoms with Crippen molar-refractivity contribution in [3.8, 4) is 0 Å². The number of urea groups is 1. The summed E-state index contributed by atoms with van der Waals surface area (Å²) in [6, 6.07) is 16.3. The fourth-order valence-corrected chi connectivity index (χ4v) is 3.73. The predicted molar refractivity (Wildman–Crippen MR) is 104 cm³/mol. The molecule has 27 heavy (non-hydrogen) atoms. The van der Waals surface area contributed by atoms with Crippen molar-refractivity contribution in [2.75, 3.05) is 13.1 Å². The minimum atomic E-state index is -0.0554. The molecule has 1 aliphatic carbocycles. The molecule has 1 atom stereocenters. The summed E-state index contributed by atoms with van der Waals surface area (Å²) in [6.07, 6.45) is 6.85. The molecule has 2 aliphatic rings. The zero-order valence-corrected chi connectivity index (χ0v) is 15.6. The van der Waals surface area contributed by atoms with Gasteiger partial charge >= 0.3 is 6.03 Å². The fourth-order valence-electron chi connectivity index (χ4n) is 3.73. The fraction of sp³-hybridized carbons (Fsp3) is 0.455. The van der Waals surface area contributed by atoms with E-state index in [1.807, 2.05) is 29.2 Å². The molecule has 1 unspecified atom stereocenters. The molecule has 2 fully saturated rings. The number of hydrogen-bond acceptors (Lipinski definition) is 3. The van der Waals surface area contributed by atoms with E-state index in [1.54, 1.807) is 6.20 Å². The predicted octanol–water partition coefficient (Wildman–Crippen LogP) is 3.55. The van der Waals surface area contributed by atoms with Gasteiger partial charge in [-0.15, -0.1) is 0 Å². The van der Waals surface area contributed by atoms with Gasteiger partial charge in [0.05, 0.1) is 18.4 Å². The maximum Gasteiger partial charge on any atom is 0.317 e. The van der Waals surface area contributed by atoms with Crippen LogP contribution in [0.4, 0.5) is 4.79 Å². The third kappa shape index (κ3) is 4.86. The van der Waals surface area contributed by atoms with Gasteiger partial charge in [0.1, 0.15) is 0 Å². The van der Waals surface area contributed by atoms with Crippen molar-refractivity contribution in [1.82, 2.24) is 15.2 Å². The van der Waals surface area contributed by atoms with Crippen LogP contribution >= 0.6 is 0 Å². The van der Waals surface area contributed by atoms with Crippen LogP contribution in [0.15, 0.2) is 54.7 Å². The van der Waals surface area contributed by atoms with Crippen molar-refractivity contribution in [2.24, 2.45) is 0 Å². The molecule has 4 rings (SSSR count). The van der Waals surface area contributed by atoms with Crippen LogP contribution in [0.25, 0.3) is 0 Å². The second-order valence-corrected chi connectivity index (χ2v) is 7.72. The topological polar surface area (TPSA) is 54.5 Å². The highest BCUT2D eigenvalue weighted by Gasteiger charge is 2.45. The van der Waals surface area contributed by atoms with E-state index in [0.29, 0.717) is 13.2 Å². The lowest BCUT2D eigenvalue weighted by Gasteiger charge is -2.34. The van der Waals surface area contributed by atoms with Gasteiger partial charge in [0.2, 0.25) is 0 Å². The number of rotatable bonds is 6. The SMILES string of the molecule is O=C(NC1(Cc2ccccc2)CC1)N1CCCC(OCc2ccccn2)C1. The first-order chi connectivity index (χ1) is 13.2. The van der Waals surface area contributed by atoms with Crippen molar-refractivity contribution in [3.63, 3.8) is 0 Å². The van der Waals surface area contributed by atoms with Crippen LogP contribution < -0.4 is 5.32 Å². The van der Waals surface area contributed by atoms with Gasteiger partial charge in [-0.05, 0) is 49.8 Å². The molecular formula is C22H27N3O2. The second-order valence-electron chi connectivity index (χ2n) is 7.72. The van der Waals surface area contributed by atoms with Gasteiger partial charge in [0, 0.05) is 24.8 Å². The maximum atomic E-state index is 12.8. The Morgan fingerprint density at radius 3 is 2.74 bits per heavy atom. The van der Waals surface area contributed by atoms with E-state index >= 15 is 0 Å². The Morgan fingerprint density at radius 2 is 2.00 bits per heavy atom. The van der Waals surface area contributed by atoms with Crippen molar-refractivity contribution < 1.29 is 9.53 Å². The number of hydrogen-bond donors (Lipinski definition) is 1. The molecule has 5 heteroatoms.